The first-order valence-electron chi connectivity index (χ1n) is 8.39. The van der Waals surface area contributed by atoms with E-state index in [9.17, 15) is 26.5 Å². The first kappa shape index (κ1) is 22.7. The SMILES string of the molecule is C=CCc1ccc(OP(=O)(CC(F)(F)F)Oc2ccc(CC=C)cc2F)c(F)c1. The highest BCUT2D eigenvalue weighted by Crippen LogP contribution is 2.52. The summed E-state index contributed by atoms with van der Waals surface area (Å²) < 4.78 is 89.6. The van der Waals surface area contributed by atoms with Gasteiger partial charge in [-0.1, -0.05) is 24.3 Å². The molecule has 0 aliphatic heterocycles. The lowest BCUT2D eigenvalue weighted by molar-refractivity contribution is -0.108. The van der Waals surface area contributed by atoms with Crippen molar-refractivity contribution in [2.75, 3.05) is 6.16 Å². The molecule has 0 aromatic heterocycles. The van der Waals surface area contributed by atoms with E-state index < -0.39 is 43.1 Å². The van der Waals surface area contributed by atoms with Crippen LogP contribution in [0.5, 0.6) is 11.5 Å². The molecule has 2 aromatic rings. The van der Waals surface area contributed by atoms with Gasteiger partial charge in [-0.2, -0.15) is 13.2 Å². The molecule has 0 amide bonds. The van der Waals surface area contributed by atoms with Crippen LogP contribution in [0.1, 0.15) is 11.1 Å². The minimum atomic E-state index is -5.04. The Labute approximate surface area is 165 Å². The molecule has 156 valence electrons. The van der Waals surface area contributed by atoms with Crippen LogP contribution in [0.25, 0.3) is 0 Å². The Morgan fingerprint density at radius 1 is 0.862 bits per heavy atom. The molecule has 0 unspecified atom stereocenters. The molecule has 0 radical (unpaired) electrons. The van der Waals surface area contributed by atoms with Crippen molar-refractivity contribution in [2.24, 2.45) is 0 Å². The van der Waals surface area contributed by atoms with Crippen molar-refractivity contribution in [2.45, 2.75) is 19.0 Å². The average Bonchev–Trinajstić information content (AvgIpc) is 2.59. The quantitative estimate of drug-likeness (QED) is 0.253. The highest BCUT2D eigenvalue weighted by Gasteiger charge is 2.44. The lowest BCUT2D eigenvalue weighted by atomic mass is 10.1. The monoisotopic (exact) mass is 432 g/mol. The number of benzene rings is 2. The maximum absolute atomic E-state index is 14.2. The van der Waals surface area contributed by atoms with E-state index in [1.165, 1.54) is 24.3 Å². The standard InChI is InChI=1S/C20H18F5O3P/c1-3-5-14-7-9-18(16(21)11-14)27-29(26,13-20(23,24)25)28-19-10-8-15(6-4-2)12-17(19)22/h3-4,7-12H,1-2,5-6,13H2. The maximum Gasteiger partial charge on any atom is 0.440 e. The molecule has 0 atom stereocenters. The van der Waals surface area contributed by atoms with Gasteiger partial charge in [0.1, 0.15) is 0 Å². The summed E-state index contributed by atoms with van der Waals surface area (Å²) >= 11 is 0. The Balaban J connectivity index is 2.35. The molecule has 9 heteroatoms. The van der Waals surface area contributed by atoms with Crippen LogP contribution < -0.4 is 9.05 Å². The second kappa shape index (κ2) is 9.27. The van der Waals surface area contributed by atoms with Crippen molar-refractivity contribution in [3.8, 4) is 11.5 Å². The first-order chi connectivity index (χ1) is 13.5. The average molecular weight is 432 g/mol. The summed E-state index contributed by atoms with van der Waals surface area (Å²) in [5.74, 6) is -3.46. The number of hydrogen-bond donors (Lipinski definition) is 0. The molecule has 0 saturated heterocycles. The maximum atomic E-state index is 14.2. The molecule has 0 N–H and O–H groups in total. The van der Waals surface area contributed by atoms with Crippen molar-refractivity contribution in [3.05, 3.63) is 84.5 Å². The third-order valence-electron chi connectivity index (χ3n) is 3.60. The predicted molar refractivity (Wildman–Crippen MR) is 100 cm³/mol. The summed E-state index contributed by atoms with van der Waals surface area (Å²) in [6, 6.07) is 6.85. The van der Waals surface area contributed by atoms with E-state index in [0.29, 0.717) is 24.0 Å². The summed E-state index contributed by atoms with van der Waals surface area (Å²) in [6.45, 7) is 6.99. The molecule has 29 heavy (non-hydrogen) atoms. The van der Waals surface area contributed by atoms with Crippen molar-refractivity contribution in [3.63, 3.8) is 0 Å². The van der Waals surface area contributed by atoms with Gasteiger partial charge >= 0.3 is 13.8 Å². The summed E-state index contributed by atoms with van der Waals surface area (Å²) in [7, 11) is -5.04. The highest BCUT2D eigenvalue weighted by atomic mass is 31.2. The van der Waals surface area contributed by atoms with Gasteiger partial charge in [0.05, 0.1) is 0 Å². The van der Waals surface area contributed by atoms with E-state index in [-0.39, 0.29) is 0 Å². The van der Waals surface area contributed by atoms with Crippen molar-refractivity contribution in [1.29, 1.82) is 0 Å². The summed E-state index contributed by atoms with van der Waals surface area (Å²) in [5, 5.41) is 0. The Morgan fingerprint density at radius 2 is 1.28 bits per heavy atom. The minimum absolute atomic E-state index is 0.316. The molecule has 0 aliphatic carbocycles. The zero-order valence-electron chi connectivity index (χ0n) is 15.2. The van der Waals surface area contributed by atoms with Gasteiger partial charge in [-0.05, 0) is 48.2 Å². The van der Waals surface area contributed by atoms with Crippen LogP contribution >= 0.6 is 7.60 Å². The molecule has 2 aromatic carbocycles. The van der Waals surface area contributed by atoms with Gasteiger partial charge in [-0.3, -0.25) is 0 Å². The van der Waals surface area contributed by atoms with Crippen LogP contribution in [-0.2, 0) is 17.4 Å². The molecular weight excluding hydrogens is 414 g/mol. The van der Waals surface area contributed by atoms with E-state index in [2.05, 4.69) is 13.2 Å². The lowest BCUT2D eigenvalue weighted by Crippen LogP contribution is -2.20. The molecule has 0 saturated carbocycles. The molecule has 2 rings (SSSR count). The van der Waals surface area contributed by atoms with E-state index >= 15 is 0 Å². The Bertz CT molecular complexity index is 875. The molecule has 3 nitrogen and oxygen atoms in total. The van der Waals surface area contributed by atoms with Crippen LogP contribution in [0.4, 0.5) is 22.0 Å². The van der Waals surface area contributed by atoms with Crippen LogP contribution in [0.3, 0.4) is 0 Å². The fourth-order valence-corrected chi connectivity index (χ4v) is 3.93. The van der Waals surface area contributed by atoms with E-state index in [1.807, 2.05) is 0 Å². The molecule has 0 aliphatic rings. The van der Waals surface area contributed by atoms with Crippen LogP contribution in [0.15, 0.2) is 61.7 Å². The zero-order valence-corrected chi connectivity index (χ0v) is 16.1. The fraction of sp³-hybridized carbons (Fsp3) is 0.200. The largest absolute Gasteiger partial charge is 0.440 e. The third kappa shape index (κ3) is 6.75. The predicted octanol–water partition coefficient (Wildman–Crippen LogP) is 6.64. The number of allylic oxidation sites excluding steroid dienone is 2. The van der Waals surface area contributed by atoms with Gasteiger partial charge < -0.3 is 9.05 Å². The smallest absolute Gasteiger partial charge is 0.413 e. The van der Waals surface area contributed by atoms with Crippen molar-refractivity contribution >= 4 is 7.60 Å². The summed E-state index contributed by atoms with van der Waals surface area (Å²) in [4.78, 5) is 0. The lowest BCUT2D eigenvalue weighted by Gasteiger charge is -2.22. The van der Waals surface area contributed by atoms with Crippen molar-refractivity contribution in [1.82, 2.24) is 0 Å². The molecule has 0 spiro atoms. The molecule has 0 fully saturated rings. The molecular formula is C20H18F5O3P. The van der Waals surface area contributed by atoms with Gasteiger partial charge in [0, 0.05) is 0 Å². The molecule has 0 bridgehead atoms. The number of alkyl halides is 3. The second-order valence-corrected chi connectivity index (χ2v) is 7.99. The molecule has 0 heterocycles. The summed E-state index contributed by atoms with van der Waals surface area (Å²) in [5.41, 5.74) is 0.973. The topological polar surface area (TPSA) is 35.5 Å². The van der Waals surface area contributed by atoms with Crippen LogP contribution in [-0.4, -0.2) is 12.3 Å². The normalized spacial score (nSPS) is 11.8. The Morgan fingerprint density at radius 3 is 1.59 bits per heavy atom. The fourth-order valence-electron chi connectivity index (χ4n) is 2.43. The third-order valence-corrected chi connectivity index (χ3v) is 5.30. The van der Waals surface area contributed by atoms with Gasteiger partial charge in [0.25, 0.3) is 0 Å². The number of hydrogen-bond acceptors (Lipinski definition) is 3. The van der Waals surface area contributed by atoms with Crippen LogP contribution in [0.2, 0.25) is 0 Å². The first-order valence-corrected chi connectivity index (χ1v) is 10.1. The van der Waals surface area contributed by atoms with E-state index in [1.54, 1.807) is 0 Å². The number of halogens is 5. The van der Waals surface area contributed by atoms with Crippen molar-refractivity contribution < 1.29 is 35.6 Å². The Kier molecular flexibility index (Phi) is 7.25. The van der Waals surface area contributed by atoms with Gasteiger partial charge in [-0.15, -0.1) is 13.2 Å². The zero-order chi connectivity index (χ0) is 21.7. The Hall–Kier alpha value is -2.60. The number of rotatable bonds is 9. The van der Waals surface area contributed by atoms with Gasteiger partial charge in [0.2, 0.25) is 0 Å². The van der Waals surface area contributed by atoms with E-state index in [4.69, 9.17) is 9.05 Å². The highest BCUT2D eigenvalue weighted by molar-refractivity contribution is 7.54. The van der Waals surface area contributed by atoms with Crippen LogP contribution in [0, 0.1) is 11.6 Å². The summed E-state index contributed by atoms with van der Waals surface area (Å²) in [6.07, 6.45) is -3.35. The minimum Gasteiger partial charge on any atom is -0.413 e. The van der Waals surface area contributed by atoms with E-state index in [0.717, 1.165) is 24.3 Å². The van der Waals surface area contributed by atoms with Gasteiger partial charge in [0.15, 0.2) is 29.3 Å². The second-order valence-electron chi connectivity index (χ2n) is 6.08. The van der Waals surface area contributed by atoms with Gasteiger partial charge in [-0.25, -0.2) is 13.3 Å².